The first-order valence-corrected chi connectivity index (χ1v) is 19.5. The molecule has 0 aliphatic carbocycles. The number of oxime groups is 1. The van der Waals surface area contributed by atoms with Crippen molar-refractivity contribution < 1.29 is 28.3 Å². The van der Waals surface area contributed by atoms with Gasteiger partial charge in [-0.25, -0.2) is 18.2 Å². The molecule has 1 saturated heterocycles. The molecule has 14 heteroatoms. The number of para-hydroxylation sites is 2. The Labute approximate surface area is 312 Å². The lowest BCUT2D eigenvalue weighted by Gasteiger charge is -2.35. The van der Waals surface area contributed by atoms with Crippen LogP contribution in [0.15, 0.2) is 88.9 Å². The second kappa shape index (κ2) is 17.4. The minimum Gasteiger partial charge on any atom is -0.411 e. The first-order valence-electron chi connectivity index (χ1n) is 18.1. The molecule has 3 amide bonds. The molecule has 2 heterocycles. The van der Waals surface area contributed by atoms with Gasteiger partial charge >= 0.3 is 6.03 Å². The first-order chi connectivity index (χ1) is 25.3. The number of aryl methyl sites for hydroxylation is 1. The van der Waals surface area contributed by atoms with Crippen molar-refractivity contribution in [2.45, 2.75) is 70.2 Å². The Kier molecular flexibility index (Phi) is 12.9. The lowest BCUT2D eigenvalue weighted by Crippen LogP contribution is -2.57. The van der Waals surface area contributed by atoms with Crippen LogP contribution in [-0.4, -0.2) is 105 Å². The van der Waals surface area contributed by atoms with Crippen LogP contribution in [0.4, 0.5) is 4.79 Å². The molecule has 284 valence electrons. The molecule has 3 aromatic carbocycles. The monoisotopic (exact) mass is 745 g/mol. The number of amides is 3. The normalized spacial score (nSPS) is 16.2. The number of carbonyl (C=O) groups excluding carboxylic acids is 2. The van der Waals surface area contributed by atoms with Gasteiger partial charge in [0.25, 0.3) is 0 Å². The molecule has 4 aromatic rings. The smallest absolute Gasteiger partial charge is 0.321 e. The molecule has 1 aromatic heterocycles. The van der Waals surface area contributed by atoms with Crippen molar-refractivity contribution in [2.75, 3.05) is 26.2 Å². The topological polar surface area (TPSA) is 161 Å². The number of hydrogen-bond donors (Lipinski definition) is 3. The highest BCUT2D eigenvalue weighted by Crippen LogP contribution is 2.25. The van der Waals surface area contributed by atoms with E-state index in [1.54, 1.807) is 9.80 Å². The number of imidazole rings is 1. The zero-order valence-electron chi connectivity index (χ0n) is 31.0. The Bertz CT molecular complexity index is 1980. The van der Waals surface area contributed by atoms with Gasteiger partial charge < -0.3 is 30.0 Å². The number of aliphatic hydroxyl groups excluding tert-OH is 1. The van der Waals surface area contributed by atoms with E-state index >= 15 is 0 Å². The molecular formula is C39H51N7O6S. The van der Waals surface area contributed by atoms with Gasteiger partial charge in [0, 0.05) is 33.2 Å². The van der Waals surface area contributed by atoms with E-state index in [0.717, 1.165) is 22.4 Å². The molecule has 4 atom stereocenters. The van der Waals surface area contributed by atoms with Gasteiger partial charge in [0.1, 0.15) is 11.9 Å². The van der Waals surface area contributed by atoms with E-state index in [-0.39, 0.29) is 42.3 Å². The van der Waals surface area contributed by atoms with Gasteiger partial charge in [-0.15, -0.1) is 0 Å². The largest absolute Gasteiger partial charge is 0.411 e. The summed E-state index contributed by atoms with van der Waals surface area (Å²) in [4.78, 5) is 36.4. The van der Waals surface area contributed by atoms with Crippen LogP contribution in [0, 0.1) is 11.8 Å². The van der Waals surface area contributed by atoms with Gasteiger partial charge in [0.15, 0.2) is 0 Å². The average molecular weight is 746 g/mol. The van der Waals surface area contributed by atoms with Crippen molar-refractivity contribution in [3.05, 3.63) is 95.8 Å². The quantitative estimate of drug-likeness (QED) is 0.0817. The molecule has 1 aliphatic rings. The molecule has 53 heavy (non-hydrogen) atoms. The highest BCUT2D eigenvalue weighted by molar-refractivity contribution is 7.89. The molecule has 3 N–H and O–H groups in total. The van der Waals surface area contributed by atoms with Crippen LogP contribution in [0.25, 0.3) is 11.0 Å². The fourth-order valence-corrected chi connectivity index (χ4v) is 8.44. The number of nitrogens with zero attached hydrogens (tertiary/aromatic N) is 6. The maximum absolute atomic E-state index is 14.4. The Morgan fingerprint density at radius 1 is 1.00 bits per heavy atom. The lowest BCUT2D eigenvalue weighted by atomic mass is 9.95. The Balaban J connectivity index is 1.38. The highest BCUT2D eigenvalue weighted by Gasteiger charge is 2.41. The molecular weight excluding hydrogens is 695 g/mol. The van der Waals surface area contributed by atoms with E-state index in [0.29, 0.717) is 31.6 Å². The second-order valence-electron chi connectivity index (χ2n) is 14.2. The van der Waals surface area contributed by atoms with E-state index in [9.17, 15) is 23.1 Å². The van der Waals surface area contributed by atoms with Crippen LogP contribution in [0.1, 0.15) is 51.1 Å². The minimum absolute atomic E-state index is 0.0247. The van der Waals surface area contributed by atoms with Crippen LogP contribution in [0.3, 0.4) is 0 Å². The summed E-state index contributed by atoms with van der Waals surface area (Å²) < 4.78 is 31.1. The van der Waals surface area contributed by atoms with Gasteiger partial charge in [-0.1, -0.05) is 93.9 Å². The van der Waals surface area contributed by atoms with E-state index < -0.39 is 34.1 Å². The van der Waals surface area contributed by atoms with Crippen molar-refractivity contribution in [1.82, 2.24) is 29.0 Å². The number of benzene rings is 3. The maximum atomic E-state index is 14.4. The third-order valence-electron chi connectivity index (χ3n) is 9.90. The van der Waals surface area contributed by atoms with Gasteiger partial charge in [0.05, 0.1) is 40.8 Å². The fraction of sp³-hybridized carbons (Fsp3) is 0.436. The van der Waals surface area contributed by atoms with Crippen molar-refractivity contribution in [2.24, 2.45) is 24.0 Å². The number of sulfonamides is 1. The SMILES string of the molecule is CC[C@H](C)[C@@H](C(=O)N[C@@H](Cc1ccccc1)[C@@H](O)CN(CC(C)C)S(=O)(=O)c1ccc(C=NO)cc1)N1CCN(Cc2nc3ccccc3n2C)C1=O. The molecule has 1 fully saturated rings. The zero-order valence-corrected chi connectivity index (χ0v) is 31.9. The van der Waals surface area contributed by atoms with Crippen molar-refractivity contribution in [1.29, 1.82) is 0 Å². The minimum atomic E-state index is -4.07. The summed E-state index contributed by atoms with van der Waals surface area (Å²) in [6.07, 6.45) is 0.764. The van der Waals surface area contributed by atoms with Crippen LogP contribution in [0.5, 0.6) is 0 Å². The van der Waals surface area contributed by atoms with Crippen LogP contribution in [-0.2, 0) is 34.8 Å². The number of carbonyl (C=O) groups is 2. The van der Waals surface area contributed by atoms with E-state index in [4.69, 9.17) is 10.2 Å². The van der Waals surface area contributed by atoms with Crippen molar-refractivity contribution in [3.63, 3.8) is 0 Å². The zero-order chi connectivity index (χ0) is 38.3. The van der Waals surface area contributed by atoms with Crippen molar-refractivity contribution >= 4 is 39.2 Å². The average Bonchev–Trinajstić information content (AvgIpc) is 3.66. The number of urea groups is 1. The van der Waals surface area contributed by atoms with Gasteiger partial charge in [-0.2, -0.15) is 4.31 Å². The van der Waals surface area contributed by atoms with Crippen molar-refractivity contribution in [3.8, 4) is 0 Å². The van der Waals surface area contributed by atoms with Crippen LogP contribution >= 0.6 is 0 Å². The third kappa shape index (κ3) is 9.24. The molecule has 1 aliphatic heterocycles. The Hall–Kier alpha value is -4.79. The summed E-state index contributed by atoms with van der Waals surface area (Å²) in [7, 11) is -2.14. The summed E-state index contributed by atoms with van der Waals surface area (Å²) in [6, 6.07) is 21.1. The summed E-state index contributed by atoms with van der Waals surface area (Å²) in [6.45, 7) is 8.60. The number of aromatic nitrogens is 2. The molecule has 13 nitrogen and oxygen atoms in total. The summed E-state index contributed by atoms with van der Waals surface area (Å²) >= 11 is 0. The maximum Gasteiger partial charge on any atom is 0.321 e. The number of aliphatic hydroxyl groups is 1. The van der Waals surface area contributed by atoms with Gasteiger partial charge in [-0.3, -0.25) is 4.79 Å². The molecule has 0 bridgehead atoms. The fourth-order valence-electron chi connectivity index (χ4n) is 6.82. The number of nitrogens with one attached hydrogen (secondary N) is 1. The molecule has 0 radical (unpaired) electrons. The standard InChI is InChI=1S/C39H51N7O6S/c1-6-28(4)37(46-21-20-44(39(46)49)26-36-41-32-14-10-11-15-34(32)43(36)5)38(48)42-33(22-29-12-8-7-9-13-29)35(47)25-45(24-27(2)3)53(51,52)31-18-16-30(17-19-31)23-40-50/h7-19,23,27-28,33,35,37,47,50H,6,20-22,24-26H2,1-5H3,(H,42,48)/t28-,33-,35-,37-/m0/s1. The van der Waals surface area contributed by atoms with E-state index in [1.165, 1.54) is 34.8 Å². The summed E-state index contributed by atoms with van der Waals surface area (Å²) in [5.41, 5.74) is 3.19. The molecule has 5 rings (SSSR count). The Morgan fingerprint density at radius 2 is 1.68 bits per heavy atom. The number of hydrogen-bond acceptors (Lipinski definition) is 8. The molecule has 0 spiro atoms. The van der Waals surface area contributed by atoms with Gasteiger partial charge in [0.2, 0.25) is 15.9 Å². The molecule has 0 saturated carbocycles. The number of fused-ring (bicyclic) bond motifs is 1. The predicted molar refractivity (Wildman–Crippen MR) is 204 cm³/mol. The van der Waals surface area contributed by atoms with E-state index in [1.807, 2.05) is 93.9 Å². The summed E-state index contributed by atoms with van der Waals surface area (Å²) in [5, 5.41) is 26.8. The van der Waals surface area contributed by atoms with E-state index in [2.05, 4.69) is 10.5 Å². The van der Waals surface area contributed by atoms with Crippen LogP contribution in [0.2, 0.25) is 0 Å². The lowest BCUT2D eigenvalue weighted by molar-refractivity contribution is -0.128. The van der Waals surface area contributed by atoms with Gasteiger partial charge in [-0.05, 0) is 53.6 Å². The predicted octanol–water partition coefficient (Wildman–Crippen LogP) is 4.47. The second-order valence-corrected chi connectivity index (χ2v) is 16.1. The van der Waals surface area contributed by atoms with Crippen LogP contribution < -0.4 is 5.32 Å². The Morgan fingerprint density at radius 3 is 2.32 bits per heavy atom. The number of rotatable bonds is 17. The highest BCUT2D eigenvalue weighted by atomic mass is 32.2. The third-order valence-corrected chi connectivity index (χ3v) is 11.7. The summed E-state index contributed by atoms with van der Waals surface area (Å²) in [5.74, 6) is 0.0633. The first kappa shape index (κ1) is 39.4. The molecule has 0 unspecified atom stereocenters.